The van der Waals surface area contributed by atoms with Gasteiger partial charge in [0.15, 0.2) is 5.82 Å². The summed E-state index contributed by atoms with van der Waals surface area (Å²) in [6.07, 6.45) is 4.33. The molecule has 14 heteroatoms. The van der Waals surface area contributed by atoms with Gasteiger partial charge in [0.05, 0.1) is 23.1 Å². The number of hydrogen-bond acceptors (Lipinski definition) is 7. The molecule has 4 aliphatic heterocycles. The number of benzene rings is 2. The van der Waals surface area contributed by atoms with E-state index in [1.54, 1.807) is 24.3 Å². The van der Waals surface area contributed by atoms with Crippen molar-refractivity contribution in [1.29, 1.82) is 5.26 Å². The van der Waals surface area contributed by atoms with Crippen molar-refractivity contribution in [2.45, 2.75) is 95.1 Å². The molecule has 4 fully saturated rings. The molecule has 266 valence electrons. The molecule has 0 spiro atoms. The van der Waals surface area contributed by atoms with E-state index in [1.807, 2.05) is 28.9 Å². The minimum absolute atomic E-state index is 0.0258. The molecule has 4 saturated heterocycles. The van der Waals surface area contributed by atoms with Crippen LogP contribution in [0.5, 0.6) is 0 Å². The summed E-state index contributed by atoms with van der Waals surface area (Å²) in [5.74, 6) is 0.271. The summed E-state index contributed by atoms with van der Waals surface area (Å²) in [7, 11) is 0. The van der Waals surface area contributed by atoms with Crippen molar-refractivity contribution < 1.29 is 22.8 Å². The van der Waals surface area contributed by atoms with E-state index < -0.39 is 11.7 Å². The van der Waals surface area contributed by atoms with Crippen LogP contribution < -0.4 is 10.6 Å². The molecule has 11 nitrogen and oxygen atoms in total. The number of fused-ring (bicyclic) bond motifs is 4. The highest BCUT2D eigenvalue weighted by atomic mass is 19.4. The van der Waals surface area contributed by atoms with Gasteiger partial charge in [-0.3, -0.25) is 0 Å². The van der Waals surface area contributed by atoms with Crippen molar-refractivity contribution in [1.82, 2.24) is 30.0 Å². The fourth-order valence-electron chi connectivity index (χ4n) is 8.25. The predicted molar refractivity (Wildman–Crippen MR) is 186 cm³/mol. The lowest BCUT2D eigenvalue weighted by Gasteiger charge is -2.52. The first-order valence-electron chi connectivity index (χ1n) is 17.6. The molecular formula is C38H36F3N9O2. The van der Waals surface area contributed by atoms with Crippen molar-refractivity contribution in [2.75, 3.05) is 10.6 Å². The number of carbonyl (C=O) groups is 2. The number of nitriles is 1. The van der Waals surface area contributed by atoms with Gasteiger partial charge in [-0.05, 0) is 106 Å². The van der Waals surface area contributed by atoms with Crippen LogP contribution >= 0.6 is 0 Å². The quantitative estimate of drug-likeness (QED) is 0.209. The highest BCUT2D eigenvalue weighted by Crippen LogP contribution is 2.40. The Bertz CT molecular complexity index is 2090. The minimum atomic E-state index is -4.64. The van der Waals surface area contributed by atoms with Gasteiger partial charge in [-0.2, -0.15) is 28.6 Å². The molecule has 4 amide bonds. The Balaban J connectivity index is 1.10. The second-order valence-electron chi connectivity index (χ2n) is 14.2. The zero-order valence-electron chi connectivity index (χ0n) is 28.5. The van der Waals surface area contributed by atoms with Crippen LogP contribution in [0.4, 0.5) is 34.1 Å². The molecule has 2 aromatic heterocycles. The lowest BCUT2D eigenvalue weighted by Crippen LogP contribution is -2.62. The number of rotatable bonds is 6. The van der Waals surface area contributed by atoms with Crippen molar-refractivity contribution in [3.63, 3.8) is 0 Å². The van der Waals surface area contributed by atoms with Crippen LogP contribution in [-0.4, -0.2) is 66.2 Å². The molecule has 8 rings (SSSR count). The number of nitrogens with zero attached hydrogens (tertiary/aromatic N) is 7. The van der Waals surface area contributed by atoms with Crippen LogP contribution in [0.15, 0.2) is 54.7 Å². The average molecular weight is 708 g/mol. The second-order valence-corrected chi connectivity index (χ2v) is 14.2. The lowest BCUT2D eigenvalue weighted by molar-refractivity contribution is -0.137. The van der Waals surface area contributed by atoms with Crippen molar-refractivity contribution in [2.24, 2.45) is 0 Å². The topological polar surface area (TPSA) is 140 Å². The maximum absolute atomic E-state index is 13.8. The molecule has 2 aromatic carbocycles. The number of anilines is 2. The maximum atomic E-state index is 13.8. The van der Waals surface area contributed by atoms with Crippen molar-refractivity contribution in [3.8, 4) is 28.7 Å². The number of urea groups is 2. The number of carbonyl (C=O) groups excluding carboxylic acids is 2. The van der Waals surface area contributed by atoms with Crippen LogP contribution in [0.25, 0.3) is 22.6 Å². The number of halogens is 3. The Morgan fingerprint density at radius 3 is 2.02 bits per heavy atom. The molecule has 0 radical (unpaired) electrons. The highest BCUT2D eigenvalue weighted by molar-refractivity contribution is 5.92. The van der Waals surface area contributed by atoms with Crippen molar-refractivity contribution in [3.05, 3.63) is 82.8 Å². The number of aromatic nitrogens is 4. The number of nitrogens with one attached hydrogen (secondary N) is 2. The molecule has 4 aromatic rings. The normalized spacial score (nSPS) is 21.8. The highest BCUT2D eigenvalue weighted by Gasteiger charge is 2.45. The van der Waals surface area contributed by atoms with E-state index >= 15 is 0 Å². The summed E-state index contributed by atoms with van der Waals surface area (Å²) in [4.78, 5) is 39.4. The number of piperidine rings is 2. The molecule has 4 bridgehead atoms. The Kier molecular flexibility index (Phi) is 8.51. The van der Waals surface area contributed by atoms with Gasteiger partial charge in [-0.25, -0.2) is 19.6 Å². The fraction of sp³-hybridized carbons (Fsp3) is 0.395. The maximum Gasteiger partial charge on any atom is 0.418 e. The summed E-state index contributed by atoms with van der Waals surface area (Å²) < 4.78 is 41.3. The molecule has 52 heavy (non-hydrogen) atoms. The van der Waals surface area contributed by atoms with Gasteiger partial charge in [0, 0.05) is 53.1 Å². The first-order chi connectivity index (χ1) is 25.0. The van der Waals surface area contributed by atoms with Gasteiger partial charge in [-0.1, -0.05) is 12.1 Å². The SMILES string of the molecule is Cc1ccc(NC(=O)N2C3CCCC2C3)cc1-c1nc(C#N)cc(Cc2ccc(NC(=O)N3C4CCCC3C4)cc2-c2cc(C(F)(F)F)cnn2)n1. The van der Waals surface area contributed by atoms with E-state index in [4.69, 9.17) is 4.98 Å². The zero-order chi connectivity index (χ0) is 36.1. The molecule has 0 aliphatic carbocycles. The van der Waals surface area contributed by atoms with E-state index in [0.717, 1.165) is 63.0 Å². The fourth-order valence-corrected chi connectivity index (χ4v) is 8.25. The number of alkyl halides is 3. The van der Waals surface area contributed by atoms with Gasteiger partial charge in [0.25, 0.3) is 0 Å². The van der Waals surface area contributed by atoms with Crippen LogP contribution in [0.2, 0.25) is 0 Å². The lowest BCUT2D eigenvalue weighted by atomic mass is 9.80. The Hall–Kier alpha value is -5.58. The number of amides is 4. The first kappa shape index (κ1) is 33.6. The molecule has 2 N–H and O–H groups in total. The van der Waals surface area contributed by atoms with Crippen LogP contribution in [0.1, 0.15) is 79.4 Å². The van der Waals surface area contributed by atoms with Crippen LogP contribution in [0, 0.1) is 18.3 Å². The van der Waals surface area contributed by atoms with Gasteiger partial charge < -0.3 is 20.4 Å². The van der Waals surface area contributed by atoms with Crippen molar-refractivity contribution >= 4 is 23.4 Å². The summed E-state index contributed by atoms with van der Waals surface area (Å²) >= 11 is 0. The zero-order valence-corrected chi connectivity index (χ0v) is 28.5. The molecule has 6 heterocycles. The smallest absolute Gasteiger partial charge is 0.318 e. The van der Waals surface area contributed by atoms with Crippen LogP contribution in [-0.2, 0) is 12.6 Å². The third kappa shape index (κ3) is 6.40. The standard InChI is InChI=1S/C38H36F3N9O2/c1-21-8-10-24(46-36(51)49-28-4-2-5-29(49)17-28)15-32(21)35-44-26(14-27(19-42)45-35)12-22-9-11-25(47-37(52)50-30-6-3-7-31(50)18-30)16-33(22)34-13-23(20-43-48-34)38(39,40)41/h8-11,13-16,20,28-31H,2-7,12,17-18H2,1H3,(H,46,51)(H,47,52). The monoisotopic (exact) mass is 707 g/mol. The third-order valence-electron chi connectivity index (χ3n) is 10.9. The Morgan fingerprint density at radius 1 is 0.846 bits per heavy atom. The molecule has 4 aliphatic rings. The first-order valence-corrected chi connectivity index (χ1v) is 17.6. The largest absolute Gasteiger partial charge is 0.418 e. The molecule has 4 unspecified atom stereocenters. The Morgan fingerprint density at radius 2 is 1.44 bits per heavy atom. The van der Waals surface area contributed by atoms with E-state index in [-0.39, 0.29) is 59.9 Å². The van der Waals surface area contributed by atoms with Gasteiger partial charge in [0.1, 0.15) is 11.8 Å². The van der Waals surface area contributed by atoms with E-state index in [1.165, 1.54) is 6.07 Å². The van der Waals surface area contributed by atoms with E-state index in [0.29, 0.717) is 40.0 Å². The average Bonchev–Trinajstić information content (AvgIpc) is 3.13. The third-order valence-corrected chi connectivity index (χ3v) is 10.9. The van der Waals surface area contributed by atoms with Gasteiger partial charge in [0.2, 0.25) is 0 Å². The number of aryl methyl sites for hydroxylation is 1. The second kappa shape index (κ2) is 13.2. The van der Waals surface area contributed by atoms with Crippen LogP contribution in [0.3, 0.4) is 0 Å². The summed E-state index contributed by atoms with van der Waals surface area (Å²) in [5.41, 5.74) is 2.88. The minimum Gasteiger partial charge on any atom is -0.318 e. The summed E-state index contributed by atoms with van der Waals surface area (Å²) in [6.45, 7) is 1.88. The predicted octanol–water partition coefficient (Wildman–Crippen LogP) is 7.71. The summed E-state index contributed by atoms with van der Waals surface area (Å²) in [6, 6.07) is 15.6. The Labute approximate surface area is 298 Å². The molecule has 0 saturated carbocycles. The summed E-state index contributed by atoms with van der Waals surface area (Å²) in [5, 5.41) is 23.6. The van der Waals surface area contributed by atoms with E-state index in [9.17, 15) is 28.0 Å². The number of hydrogen-bond donors (Lipinski definition) is 2. The van der Waals surface area contributed by atoms with E-state index in [2.05, 4.69) is 31.9 Å². The van der Waals surface area contributed by atoms with Gasteiger partial charge in [-0.15, -0.1) is 0 Å². The van der Waals surface area contributed by atoms with Gasteiger partial charge >= 0.3 is 18.2 Å². The molecule has 4 atom stereocenters. The molecular weight excluding hydrogens is 671 g/mol.